The first kappa shape index (κ1) is 23.4. The van der Waals surface area contributed by atoms with Crippen LogP contribution in [0.1, 0.15) is 24.9 Å². The number of hydrogen-bond donors (Lipinski definition) is 6. The predicted molar refractivity (Wildman–Crippen MR) is 125 cm³/mol. The van der Waals surface area contributed by atoms with Gasteiger partial charge >= 0.3 is 0 Å². The molecule has 2 aromatic rings. The molecule has 0 saturated carbocycles. The number of nitrogens with zero attached hydrogens (tertiary/aromatic N) is 3. The van der Waals surface area contributed by atoms with E-state index in [1.807, 2.05) is 36.2 Å². The van der Waals surface area contributed by atoms with E-state index in [2.05, 4.69) is 20.2 Å². The molecule has 176 valence electrons. The van der Waals surface area contributed by atoms with Gasteiger partial charge < -0.3 is 43.0 Å². The van der Waals surface area contributed by atoms with Crippen molar-refractivity contribution in [3.63, 3.8) is 0 Å². The maximum absolute atomic E-state index is 11.7. The molecular formula is C21H29N9O3. The second kappa shape index (κ2) is 9.51. The minimum Gasteiger partial charge on any atom is -0.391 e. The lowest BCUT2D eigenvalue weighted by Crippen LogP contribution is -2.38. The van der Waals surface area contributed by atoms with Gasteiger partial charge in [0, 0.05) is 37.3 Å². The van der Waals surface area contributed by atoms with Gasteiger partial charge in [-0.1, -0.05) is 0 Å². The Balaban J connectivity index is 1.96. The van der Waals surface area contributed by atoms with Crippen molar-refractivity contribution in [1.82, 2.24) is 14.8 Å². The number of aliphatic imine (C=N–C) groups is 1. The second-order valence-corrected chi connectivity index (χ2v) is 7.95. The van der Waals surface area contributed by atoms with Crippen LogP contribution >= 0.6 is 0 Å². The van der Waals surface area contributed by atoms with Crippen molar-refractivity contribution in [2.24, 2.45) is 27.9 Å². The van der Waals surface area contributed by atoms with Gasteiger partial charge in [0.1, 0.15) is 18.1 Å². The summed E-state index contributed by atoms with van der Waals surface area (Å²) in [4.78, 5) is 40.1. The highest BCUT2D eigenvalue weighted by atomic mass is 16.2. The number of aromatic nitrogens is 1. The third kappa shape index (κ3) is 5.34. The number of carbonyl (C=O) groups excluding carboxylic acids is 3. The van der Waals surface area contributed by atoms with Gasteiger partial charge in [-0.3, -0.25) is 14.4 Å². The van der Waals surface area contributed by atoms with Crippen molar-refractivity contribution in [2.75, 3.05) is 25.0 Å². The molecule has 0 radical (unpaired) electrons. The van der Waals surface area contributed by atoms with Gasteiger partial charge in [-0.2, -0.15) is 0 Å². The summed E-state index contributed by atoms with van der Waals surface area (Å²) in [5.74, 6) is -1.62. The zero-order chi connectivity index (χ0) is 24.3. The molecule has 1 aromatic heterocycles. The Kier molecular flexibility index (Phi) is 6.75. The number of guanidine groups is 1. The van der Waals surface area contributed by atoms with Crippen LogP contribution in [-0.4, -0.2) is 52.8 Å². The van der Waals surface area contributed by atoms with Gasteiger partial charge in [-0.25, -0.2) is 4.99 Å². The van der Waals surface area contributed by atoms with Crippen LogP contribution < -0.4 is 33.6 Å². The van der Waals surface area contributed by atoms with Crippen LogP contribution in [0.4, 0.5) is 5.69 Å². The molecule has 3 amide bonds. The largest absolute Gasteiger partial charge is 0.391 e. The van der Waals surface area contributed by atoms with Gasteiger partial charge in [-0.15, -0.1) is 0 Å². The molecule has 3 rings (SSSR count). The number of nitrogens with two attached hydrogens (primary N) is 4. The summed E-state index contributed by atoms with van der Waals surface area (Å²) in [5, 5.41) is 6.63. The highest BCUT2D eigenvalue weighted by molar-refractivity contribution is 5.97. The lowest BCUT2D eigenvalue weighted by molar-refractivity contribution is -0.127. The molecule has 12 heteroatoms. The van der Waals surface area contributed by atoms with Crippen LogP contribution in [0.15, 0.2) is 40.9 Å². The van der Waals surface area contributed by atoms with Crippen molar-refractivity contribution in [3.8, 4) is 0 Å². The van der Waals surface area contributed by atoms with E-state index in [4.69, 9.17) is 22.9 Å². The first-order valence-corrected chi connectivity index (χ1v) is 10.3. The Bertz CT molecular complexity index is 1170. The molecule has 12 nitrogen and oxygen atoms in total. The summed E-state index contributed by atoms with van der Waals surface area (Å²) in [6.45, 7) is 4.54. The Morgan fingerprint density at radius 3 is 2.52 bits per heavy atom. The minimum absolute atomic E-state index is 0.0245. The predicted octanol–water partition coefficient (Wildman–Crippen LogP) is -0.842. The summed E-state index contributed by atoms with van der Waals surface area (Å²) < 4.78 is 2.15. The summed E-state index contributed by atoms with van der Waals surface area (Å²) in [6, 6.07) is 6.03. The number of amides is 3. The molecule has 1 unspecified atom stereocenters. The van der Waals surface area contributed by atoms with Crippen molar-refractivity contribution >= 4 is 40.3 Å². The van der Waals surface area contributed by atoms with E-state index in [-0.39, 0.29) is 36.0 Å². The lowest BCUT2D eigenvalue weighted by atomic mass is 10.1. The normalized spacial score (nSPS) is 17.1. The molecule has 1 aromatic carbocycles. The number of fused-ring (bicyclic) bond motifs is 1. The summed E-state index contributed by atoms with van der Waals surface area (Å²) in [7, 11) is 0. The van der Waals surface area contributed by atoms with Crippen LogP contribution in [0.5, 0.6) is 0 Å². The van der Waals surface area contributed by atoms with Gasteiger partial charge in [0.05, 0.1) is 11.6 Å². The Morgan fingerprint density at radius 1 is 1.18 bits per heavy atom. The number of rotatable bonds is 7. The number of aryl methyl sites for hydroxylation is 1. The fourth-order valence-electron chi connectivity index (χ4n) is 3.83. The number of likely N-dealkylation sites (tertiary alicyclic amines) is 1. The number of hydrogen-bond acceptors (Lipinski definition) is 6. The molecule has 1 fully saturated rings. The van der Waals surface area contributed by atoms with Crippen molar-refractivity contribution < 1.29 is 14.4 Å². The average molecular weight is 456 g/mol. The fraction of sp³-hybridized carbons (Fsp3) is 0.333. The highest BCUT2D eigenvalue weighted by Gasteiger charge is 2.26. The molecule has 2 heterocycles. The number of nitrogens with one attached hydrogen (secondary N) is 2. The zero-order valence-electron chi connectivity index (χ0n) is 18.6. The maximum Gasteiger partial charge on any atom is 0.268 e. The monoisotopic (exact) mass is 455 g/mol. The second-order valence-electron chi connectivity index (χ2n) is 7.95. The Labute approximate surface area is 190 Å². The van der Waals surface area contributed by atoms with Crippen molar-refractivity contribution in [2.45, 2.75) is 26.3 Å². The van der Waals surface area contributed by atoms with Gasteiger partial charge in [-0.05, 0) is 37.1 Å². The van der Waals surface area contributed by atoms with Gasteiger partial charge in [0.2, 0.25) is 11.8 Å². The third-order valence-corrected chi connectivity index (χ3v) is 5.44. The number of carbonyl (C=O) groups is 3. The van der Waals surface area contributed by atoms with E-state index in [9.17, 15) is 14.4 Å². The standard InChI is InChI=1S/C21H29N9O3/c1-11-7-15(27-20(18(23)19(24)33)28-21(25)26-9-17(22)32)14-4-6-30(16(14)8-11)13-3-5-29(10-13)12(2)31/h4,6-8,13,27H,3,5,9-10,23H2,1-2H3,(H2,22,32)(H2,24,33)(H3,25,26,28)/b20-18-. The molecular weight excluding hydrogens is 426 g/mol. The molecule has 33 heavy (non-hydrogen) atoms. The molecule has 1 aliphatic rings. The Morgan fingerprint density at radius 2 is 1.91 bits per heavy atom. The van der Waals surface area contributed by atoms with E-state index in [0.29, 0.717) is 18.8 Å². The van der Waals surface area contributed by atoms with Gasteiger partial charge in [0.25, 0.3) is 5.91 Å². The van der Waals surface area contributed by atoms with E-state index >= 15 is 0 Å². The fourth-order valence-corrected chi connectivity index (χ4v) is 3.83. The Hall–Kier alpha value is -4.22. The van der Waals surface area contributed by atoms with E-state index in [1.54, 1.807) is 6.92 Å². The van der Waals surface area contributed by atoms with Crippen molar-refractivity contribution in [1.29, 1.82) is 0 Å². The number of primary amides is 2. The molecule has 0 spiro atoms. The van der Waals surface area contributed by atoms with E-state index in [1.165, 1.54) is 0 Å². The smallest absolute Gasteiger partial charge is 0.268 e. The third-order valence-electron chi connectivity index (χ3n) is 5.44. The SMILES string of the molecule is CC(=O)N1CCC(n2ccc3c(N/C(NC(N)=NCC(N)=O)=C(/N)C(N)=O)cc(C)cc32)C1. The quantitative estimate of drug-likeness (QED) is 0.177. The molecule has 1 atom stereocenters. The van der Waals surface area contributed by atoms with Crippen LogP contribution in [0.25, 0.3) is 10.9 Å². The molecule has 1 saturated heterocycles. The maximum atomic E-state index is 11.7. The minimum atomic E-state index is -0.871. The van der Waals surface area contributed by atoms with Gasteiger partial charge in [0.15, 0.2) is 5.96 Å². The van der Waals surface area contributed by atoms with Crippen LogP contribution in [0.2, 0.25) is 0 Å². The average Bonchev–Trinajstić information content (AvgIpc) is 3.38. The zero-order valence-corrected chi connectivity index (χ0v) is 18.6. The lowest BCUT2D eigenvalue weighted by Gasteiger charge is -2.18. The number of benzene rings is 1. The van der Waals surface area contributed by atoms with E-state index in [0.717, 1.165) is 22.9 Å². The number of anilines is 1. The summed E-state index contributed by atoms with van der Waals surface area (Å²) >= 11 is 0. The first-order chi connectivity index (χ1) is 15.6. The van der Waals surface area contributed by atoms with Crippen LogP contribution in [-0.2, 0) is 14.4 Å². The topological polar surface area (TPSA) is 200 Å². The van der Waals surface area contributed by atoms with Crippen molar-refractivity contribution in [3.05, 3.63) is 41.5 Å². The van der Waals surface area contributed by atoms with Crippen LogP contribution in [0.3, 0.4) is 0 Å². The molecule has 1 aliphatic heterocycles. The van der Waals surface area contributed by atoms with Crippen LogP contribution in [0, 0.1) is 6.92 Å². The summed E-state index contributed by atoms with van der Waals surface area (Å²) in [5.41, 5.74) is 24.4. The molecule has 0 bridgehead atoms. The van der Waals surface area contributed by atoms with E-state index < -0.39 is 11.8 Å². The highest BCUT2D eigenvalue weighted by Crippen LogP contribution is 2.32. The first-order valence-electron chi connectivity index (χ1n) is 10.3. The summed E-state index contributed by atoms with van der Waals surface area (Å²) in [6.07, 6.45) is 2.83. The molecule has 0 aliphatic carbocycles. The molecule has 10 N–H and O–H groups in total.